The molecule has 0 aromatic heterocycles. The number of rotatable bonds is 7. The van der Waals surface area contributed by atoms with Crippen molar-refractivity contribution in [2.24, 2.45) is 0 Å². The normalized spacial score (nSPS) is 11.6. The Labute approximate surface area is 141 Å². The van der Waals surface area contributed by atoms with Crippen molar-refractivity contribution in [2.75, 3.05) is 7.11 Å². The Bertz CT molecular complexity index is 658. The third kappa shape index (κ3) is 4.93. The average Bonchev–Trinajstić information content (AvgIpc) is 2.63. The molecule has 0 radical (unpaired) electrons. The van der Waals surface area contributed by atoms with E-state index in [0.29, 0.717) is 5.56 Å². The second kappa shape index (κ2) is 8.84. The van der Waals surface area contributed by atoms with Gasteiger partial charge in [-0.3, -0.25) is 14.4 Å². The Morgan fingerprint density at radius 1 is 1.00 bits per heavy atom. The molecule has 2 aromatic rings. The van der Waals surface area contributed by atoms with Crippen molar-refractivity contribution in [3.05, 3.63) is 71.8 Å². The average molecular weight is 327 g/mol. The quantitative estimate of drug-likeness (QED) is 0.579. The van der Waals surface area contributed by atoms with E-state index in [0.717, 1.165) is 5.56 Å². The van der Waals surface area contributed by atoms with Crippen molar-refractivity contribution in [1.29, 1.82) is 0 Å². The Hall–Kier alpha value is -2.66. The molecule has 0 aliphatic rings. The first-order valence-electron chi connectivity index (χ1n) is 7.74. The molecule has 2 aromatic carbocycles. The number of hydrogen-bond acceptors (Lipinski definition) is 4. The van der Waals surface area contributed by atoms with E-state index in [9.17, 15) is 9.59 Å². The van der Waals surface area contributed by atoms with E-state index in [1.54, 1.807) is 31.2 Å². The van der Waals surface area contributed by atoms with Gasteiger partial charge in [0.05, 0.1) is 19.6 Å². The van der Waals surface area contributed by atoms with Crippen LogP contribution in [0.25, 0.3) is 0 Å². The maximum atomic E-state index is 12.7. The van der Waals surface area contributed by atoms with E-state index >= 15 is 0 Å². The predicted molar refractivity (Wildman–Crippen MR) is 89.9 cm³/mol. The Morgan fingerprint density at radius 3 is 2.17 bits per heavy atom. The lowest BCUT2D eigenvalue weighted by molar-refractivity contribution is -0.165. The number of carbonyl (C=O) groups excluding carboxylic acids is 2. The third-order valence-corrected chi connectivity index (χ3v) is 3.52. The lowest BCUT2D eigenvalue weighted by Gasteiger charge is -2.27. The number of hydrogen-bond donors (Lipinski definition) is 0. The van der Waals surface area contributed by atoms with Crippen LogP contribution in [0.1, 0.15) is 29.3 Å². The summed E-state index contributed by atoms with van der Waals surface area (Å²) in [4.78, 5) is 30.0. The lowest BCUT2D eigenvalue weighted by Crippen LogP contribution is -2.40. The molecule has 0 fully saturated rings. The largest absolute Gasteiger partial charge is 0.469 e. The molecular weight excluding hydrogens is 306 g/mol. The molecule has 5 heteroatoms. The molecule has 0 bridgehead atoms. The Balaban J connectivity index is 2.14. The number of methoxy groups -OCH3 is 1. The molecular formula is C19H21NO4. The molecule has 0 aliphatic carbocycles. The second-order valence-corrected chi connectivity index (χ2v) is 5.39. The van der Waals surface area contributed by atoms with Crippen molar-refractivity contribution < 1.29 is 19.2 Å². The van der Waals surface area contributed by atoms with Gasteiger partial charge in [-0.1, -0.05) is 48.5 Å². The fourth-order valence-electron chi connectivity index (χ4n) is 2.22. The summed E-state index contributed by atoms with van der Waals surface area (Å²) >= 11 is 0. The first-order valence-corrected chi connectivity index (χ1v) is 7.74. The maximum Gasteiger partial charge on any atom is 0.307 e. The van der Waals surface area contributed by atoms with Gasteiger partial charge in [0.25, 0.3) is 5.91 Å². The zero-order chi connectivity index (χ0) is 17.4. The molecule has 2 rings (SSSR count). The van der Waals surface area contributed by atoms with Crippen LogP contribution in [0.3, 0.4) is 0 Å². The first-order chi connectivity index (χ1) is 11.6. The Kier molecular flexibility index (Phi) is 6.51. The van der Waals surface area contributed by atoms with Crippen LogP contribution >= 0.6 is 0 Å². The Morgan fingerprint density at radius 2 is 1.58 bits per heavy atom. The van der Waals surface area contributed by atoms with Gasteiger partial charge in [-0.15, -0.1) is 0 Å². The van der Waals surface area contributed by atoms with Crippen LogP contribution in [-0.2, 0) is 21.0 Å². The molecule has 0 spiro atoms. The number of ether oxygens (including phenoxy) is 1. The molecule has 0 aliphatic heterocycles. The number of carbonyl (C=O) groups is 2. The minimum absolute atomic E-state index is 0.0594. The molecule has 24 heavy (non-hydrogen) atoms. The fourth-order valence-corrected chi connectivity index (χ4v) is 2.22. The van der Waals surface area contributed by atoms with Gasteiger partial charge < -0.3 is 4.74 Å². The van der Waals surface area contributed by atoms with E-state index in [1.807, 2.05) is 36.4 Å². The van der Waals surface area contributed by atoms with Crippen LogP contribution in [-0.4, -0.2) is 30.1 Å². The van der Waals surface area contributed by atoms with Crippen LogP contribution in [0.15, 0.2) is 60.7 Å². The van der Waals surface area contributed by atoms with E-state index in [-0.39, 0.29) is 18.9 Å². The van der Waals surface area contributed by atoms with Gasteiger partial charge in [-0.05, 0) is 24.6 Å². The highest BCUT2D eigenvalue weighted by molar-refractivity contribution is 5.93. The molecule has 0 saturated carbocycles. The highest BCUT2D eigenvalue weighted by Gasteiger charge is 2.25. The van der Waals surface area contributed by atoms with Crippen molar-refractivity contribution in [2.45, 2.75) is 26.0 Å². The molecule has 126 valence electrons. The van der Waals surface area contributed by atoms with Gasteiger partial charge in [-0.2, -0.15) is 0 Å². The van der Waals surface area contributed by atoms with Crippen LogP contribution in [0, 0.1) is 0 Å². The number of esters is 1. The van der Waals surface area contributed by atoms with Crippen LogP contribution in [0.2, 0.25) is 0 Å². The van der Waals surface area contributed by atoms with Gasteiger partial charge in [0.1, 0.15) is 6.61 Å². The minimum Gasteiger partial charge on any atom is -0.469 e. The van der Waals surface area contributed by atoms with Gasteiger partial charge in [0, 0.05) is 5.56 Å². The fraction of sp³-hybridized carbons (Fsp3) is 0.263. The summed E-state index contributed by atoms with van der Waals surface area (Å²) in [6.45, 7) is 1.99. The number of nitrogens with zero attached hydrogens (tertiary/aromatic N) is 1. The second-order valence-electron chi connectivity index (χ2n) is 5.39. The van der Waals surface area contributed by atoms with Crippen LogP contribution in [0.5, 0.6) is 0 Å². The van der Waals surface area contributed by atoms with Crippen molar-refractivity contribution in [1.82, 2.24) is 5.06 Å². The SMILES string of the molecule is COC(=O)C[C@H](C)N(OCc1ccccc1)C(=O)c1ccccc1. The summed E-state index contributed by atoms with van der Waals surface area (Å²) in [6, 6.07) is 17.9. The minimum atomic E-state index is -0.450. The predicted octanol–water partition coefficient (Wildman–Crippen LogP) is 3.21. The highest BCUT2D eigenvalue weighted by atomic mass is 16.7. The standard InChI is InChI=1S/C19H21NO4/c1-15(13-18(21)23-2)20(19(22)17-11-7-4-8-12-17)24-14-16-9-5-3-6-10-16/h3-12,15H,13-14H2,1-2H3/t15-/m0/s1. The van der Waals surface area contributed by atoms with Gasteiger partial charge in [0.15, 0.2) is 0 Å². The molecule has 1 atom stereocenters. The first kappa shape index (κ1) is 17.7. The molecule has 0 saturated heterocycles. The van der Waals surface area contributed by atoms with Gasteiger partial charge >= 0.3 is 5.97 Å². The van der Waals surface area contributed by atoms with Crippen molar-refractivity contribution in [3.63, 3.8) is 0 Å². The monoisotopic (exact) mass is 327 g/mol. The molecule has 5 nitrogen and oxygen atoms in total. The number of benzene rings is 2. The smallest absolute Gasteiger partial charge is 0.307 e. The summed E-state index contributed by atoms with van der Waals surface area (Å²) in [5.74, 6) is -0.681. The summed E-state index contributed by atoms with van der Waals surface area (Å²) < 4.78 is 4.69. The molecule has 0 unspecified atom stereocenters. The third-order valence-electron chi connectivity index (χ3n) is 3.52. The van der Waals surface area contributed by atoms with E-state index in [2.05, 4.69) is 4.74 Å². The summed E-state index contributed by atoms with van der Waals surface area (Å²) in [5, 5.41) is 1.25. The van der Waals surface area contributed by atoms with E-state index in [4.69, 9.17) is 4.84 Å². The van der Waals surface area contributed by atoms with Crippen molar-refractivity contribution in [3.8, 4) is 0 Å². The summed E-state index contributed by atoms with van der Waals surface area (Å²) in [7, 11) is 1.32. The number of amides is 1. The molecule has 1 amide bonds. The topological polar surface area (TPSA) is 55.8 Å². The molecule has 0 N–H and O–H groups in total. The summed E-state index contributed by atoms with van der Waals surface area (Å²) in [6.07, 6.45) is 0.0594. The molecule has 0 heterocycles. The zero-order valence-electron chi connectivity index (χ0n) is 13.8. The van der Waals surface area contributed by atoms with E-state index in [1.165, 1.54) is 12.2 Å². The number of hydroxylamine groups is 2. The van der Waals surface area contributed by atoms with Gasteiger partial charge in [0.2, 0.25) is 0 Å². The lowest BCUT2D eigenvalue weighted by atomic mass is 10.1. The van der Waals surface area contributed by atoms with Gasteiger partial charge in [-0.25, -0.2) is 5.06 Å². The highest BCUT2D eigenvalue weighted by Crippen LogP contribution is 2.14. The maximum absolute atomic E-state index is 12.7. The van der Waals surface area contributed by atoms with E-state index < -0.39 is 12.0 Å². The van der Waals surface area contributed by atoms with Crippen LogP contribution < -0.4 is 0 Å². The zero-order valence-corrected chi connectivity index (χ0v) is 13.8. The van der Waals surface area contributed by atoms with Crippen LogP contribution in [0.4, 0.5) is 0 Å². The van der Waals surface area contributed by atoms with Crippen molar-refractivity contribution >= 4 is 11.9 Å². The summed E-state index contributed by atoms with van der Waals surface area (Å²) in [5.41, 5.74) is 1.44.